The van der Waals surface area contributed by atoms with E-state index in [4.69, 9.17) is 9.47 Å². The molecule has 0 spiro atoms. The lowest BCUT2D eigenvalue weighted by Crippen LogP contribution is -2.12. The number of methoxy groups -OCH3 is 2. The molecule has 0 aliphatic rings. The van der Waals surface area contributed by atoms with Gasteiger partial charge in [0.25, 0.3) is 0 Å². The van der Waals surface area contributed by atoms with Gasteiger partial charge in [-0.2, -0.15) is 0 Å². The molecule has 0 radical (unpaired) electrons. The van der Waals surface area contributed by atoms with Crippen molar-refractivity contribution in [3.05, 3.63) is 35.4 Å². The average molecular weight is 223 g/mol. The van der Waals surface area contributed by atoms with Gasteiger partial charge in [0.05, 0.1) is 6.61 Å². The van der Waals surface area contributed by atoms with Crippen LogP contribution in [0.5, 0.6) is 0 Å². The predicted molar refractivity (Wildman–Crippen MR) is 65.7 cm³/mol. The molecule has 1 N–H and O–H groups in total. The molecule has 0 aromatic heterocycles. The highest BCUT2D eigenvalue weighted by Gasteiger charge is 2.09. The van der Waals surface area contributed by atoms with E-state index in [-0.39, 0.29) is 6.10 Å². The summed E-state index contributed by atoms with van der Waals surface area (Å²) in [6.07, 6.45) is 1.06. The third-order valence-corrected chi connectivity index (χ3v) is 2.59. The highest BCUT2D eigenvalue weighted by Crippen LogP contribution is 2.18. The normalized spacial score (nSPS) is 12.7. The van der Waals surface area contributed by atoms with Crippen molar-refractivity contribution in [3.8, 4) is 0 Å². The van der Waals surface area contributed by atoms with E-state index >= 15 is 0 Å². The molecular weight excluding hydrogens is 202 g/mol. The smallest absolute Gasteiger partial charge is 0.105 e. The molecule has 0 bridgehead atoms. The Morgan fingerprint density at radius 2 is 2.12 bits per heavy atom. The van der Waals surface area contributed by atoms with Crippen LogP contribution in [-0.2, 0) is 15.9 Å². The van der Waals surface area contributed by atoms with Crippen molar-refractivity contribution in [2.75, 3.05) is 34.4 Å². The zero-order chi connectivity index (χ0) is 11.8. The summed E-state index contributed by atoms with van der Waals surface area (Å²) in [5.74, 6) is 0. The lowest BCUT2D eigenvalue weighted by molar-refractivity contribution is 0.0274. The summed E-state index contributed by atoms with van der Waals surface area (Å²) in [7, 11) is 5.37. The molecule has 1 unspecified atom stereocenters. The summed E-state index contributed by atoms with van der Waals surface area (Å²) in [5, 5.41) is 3.15. The van der Waals surface area contributed by atoms with Crippen LogP contribution in [0.1, 0.15) is 17.2 Å². The fourth-order valence-corrected chi connectivity index (χ4v) is 1.67. The van der Waals surface area contributed by atoms with Gasteiger partial charge >= 0.3 is 0 Å². The molecule has 3 nitrogen and oxygen atoms in total. The molecular formula is C13H21NO2. The van der Waals surface area contributed by atoms with Crippen LogP contribution < -0.4 is 5.32 Å². The molecule has 0 fully saturated rings. The van der Waals surface area contributed by atoms with Crippen LogP contribution in [0.2, 0.25) is 0 Å². The second kappa shape index (κ2) is 7.39. The second-order valence-corrected chi connectivity index (χ2v) is 3.78. The number of hydrogen-bond acceptors (Lipinski definition) is 3. The van der Waals surface area contributed by atoms with Gasteiger partial charge in [-0.3, -0.25) is 0 Å². The number of hydrogen-bond donors (Lipinski definition) is 1. The molecule has 3 heteroatoms. The minimum absolute atomic E-state index is 0.0273. The van der Waals surface area contributed by atoms with Crippen molar-refractivity contribution >= 4 is 0 Å². The van der Waals surface area contributed by atoms with Crippen LogP contribution in [0.3, 0.4) is 0 Å². The first-order valence-corrected chi connectivity index (χ1v) is 5.57. The summed E-state index contributed by atoms with van der Waals surface area (Å²) in [6.45, 7) is 1.58. The monoisotopic (exact) mass is 223 g/mol. The van der Waals surface area contributed by atoms with E-state index in [2.05, 4.69) is 29.6 Å². The van der Waals surface area contributed by atoms with Crippen molar-refractivity contribution in [1.82, 2.24) is 5.32 Å². The molecule has 1 aromatic carbocycles. The van der Waals surface area contributed by atoms with Gasteiger partial charge in [-0.15, -0.1) is 0 Å². The highest BCUT2D eigenvalue weighted by atomic mass is 16.5. The fraction of sp³-hybridized carbons (Fsp3) is 0.538. The van der Waals surface area contributed by atoms with Gasteiger partial charge in [0.15, 0.2) is 0 Å². The van der Waals surface area contributed by atoms with Crippen molar-refractivity contribution in [3.63, 3.8) is 0 Å². The average Bonchev–Trinajstić information content (AvgIpc) is 2.33. The Labute approximate surface area is 97.8 Å². The van der Waals surface area contributed by atoms with Crippen LogP contribution in [0.15, 0.2) is 24.3 Å². The Bertz CT molecular complexity index is 302. The first kappa shape index (κ1) is 13.2. The van der Waals surface area contributed by atoms with Crippen LogP contribution in [0.25, 0.3) is 0 Å². The lowest BCUT2D eigenvalue weighted by atomic mass is 10.0. The van der Waals surface area contributed by atoms with E-state index in [1.807, 2.05) is 7.05 Å². The van der Waals surface area contributed by atoms with E-state index in [0.29, 0.717) is 6.61 Å². The molecule has 90 valence electrons. The molecule has 0 aliphatic carbocycles. The van der Waals surface area contributed by atoms with Crippen LogP contribution in [0, 0.1) is 0 Å². The summed E-state index contributed by atoms with van der Waals surface area (Å²) < 4.78 is 10.5. The number of ether oxygens (including phenoxy) is 2. The molecule has 0 aliphatic heterocycles. The Morgan fingerprint density at radius 1 is 1.31 bits per heavy atom. The highest BCUT2D eigenvalue weighted by molar-refractivity contribution is 5.25. The predicted octanol–water partition coefficient (Wildman–Crippen LogP) is 1.78. The zero-order valence-corrected chi connectivity index (χ0v) is 10.3. The third kappa shape index (κ3) is 3.93. The van der Waals surface area contributed by atoms with Gasteiger partial charge in [-0.1, -0.05) is 24.3 Å². The summed E-state index contributed by atoms with van der Waals surface area (Å²) >= 11 is 0. The Kier molecular flexibility index (Phi) is 6.08. The maximum absolute atomic E-state index is 5.40. The van der Waals surface area contributed by atoms with Crippen molar-refractivity contribution in [1.29, 1.82) is 0 Å². The maximum Gasteiger partial charge on any atom is 0.105 e. The summed E-state index contributed by atoms with van der Waals surface area (Å²) in [6, 6.07) is 8.48. The maximum atomic E-state index is 5.40. The van der Waals surface area contributed by atoms with E-state index in [9.17, 15) is 0 Å². The van der Waals surface area contributed by atoms with Crippen LogP contribution in [0.4, 0.5) is 0 Å². The molecule has 16 heavy (non-hydrogen) atoms. The molecule has 0 heterocycles. The van der Waals surface area contributed by atoms with E-state index in [0.717, 1.165) is 13.0 Å². The largest absolute Gasteiger partial charge is 0.382 e. The summed E-state index contributed by atoms with van der Waals surface area (Å²) in [4.78, 5) is 0. The van der Waals surface area contributed by atoms with Gasteiger partial charge in [0, 0.05) is 14.2 Å². The molecule has 0 saturated heterocycles. The van der Waals surface area contributed by atoms with Crippen molar-refractivity contribution in [2.24, 2.45) is 0 Å². The van der Waals surface area contributed by atoms with Gasteiger partial charge in [-0.05, 0) is 31.1 Å². The standard InChI is InChI=1S/C13H21NO2/c1-14-8-7-11-5-4-6-12(9-11)13(16-3)10-15-2/h4-6,9,13-14H,7-8,10H2,1-3H3. The summed E-state index contributed by atoms with van der Waals surface area (Å²) in [5.41, 5.74) is 2.50. The number of benzene rings is 1. The third-order valence-electron chi connectivity index (χ3n) is 2.59. The van der Waals surface area contributed by atoms with Gasteiger partial charge in [0.1, 0.15) is 6.10 Å². The number of nitrogens with one attached hydrogen (secondary N) is 1. The second-order valence-electron chi connectivity index (χ2n) is 3.78. The molecule has 1 rings (SSSR count). The molecule has 0 saturated carbocycles. The first-order chi connectivity index (χ1) is 7.81. The zero-order valence-electron chi connectivity index (χ0n) is 10.3. The minimum atomic E-state index is 0.0273. The first-order valence-electron chi connectivity index (χ1n) is 5.57. The van der Waals surface area contributed by atoms with Crippen LogP contribution >= 0.6 is 0 Å². The molecule has 1 aromatic rings. The SMILES string of the molecule is CNCCc1cccc(C(COC)OC)c1. The van der Waals surface area contributed by atoms with E-state index in [1.165, 1.54) is 11.1 Å². The number of likely N-dealkylation sites (N-methyl/N-ethyl adjacent to an activating group) is 1. The van der Waals surface area contributed by atoms with E-state index < -0.39 is 0 Å². The number of rotatable bonds is 7. The molecule has 0 amide bonds. The Morgan fingerprint density at radius 3 is 2.75 bits per heavy atom. The topological polar surface area (TPSA) is 30.5 Å². The van der Waals surface area contributed by atoms with Crippen molar-refractivity contribution in [2.45, 2.75) is 12.5 Å². The quantitative estimate of drug-likeness (QED) is 0.764. The fourth-order valence-electron chi connectivity index (χ4n) is 1.67. The minimum Gasteiger partial charge on any atom is -0.382 e. The molecule has 1 atom stereocenters. The van der Waals surface area contributed by atoms with Crippen molar-refractivity contribution < 1.29 is 9.47 Å². The Hall–Kier alpha value is -0.900. The van der Waals surface area contributed by atoms with Gasteiger partial charge in [0.2, 0.25) is 0 Å². The lowest BCUT2D eigenvalue weighted by Gasteiger charge is -2.15. The van der Waals surface area contributed by atoms with E-state index in [1.54, 1.807) is 14.2 Å². The Balaban J connectivity index is 2.71. The van der Waals surface area contributed by atoms with Crippen LogP contribution in [-0.4, -0.2) is 34.4 Å². The van der Waals surface area contributed by atoms with Gasteiger partial charge in [-0.25, -0.2) is 0 Å². The van der Waals surface area contributed by atoms with Gasteiger partial charge < -0.3 is 14.8 Å².